The van der Waals surface area contributed by atoms with Gasteiger partial charge in [0.25, 0.3) is 11.1 Å². The number of nitrogens with two attached hydrogens (primary N) is 1. The first kappa shape index (κ1) is 14.9. The van der Waals surface area contributed by atoms with Crippen LogP contribution in [0.4, 0.5) is 4.39 Å². The van der Waals surface area contributed by atoms with E-state index in [1.807, 2.05) is 0 Å². The summed E-state index contributed by atoms with van der Waals surface area (Å²) in [5.41, 5.74) is 4.75. The number of carbonyl (C=O) groups is 2. The van der Waals surface area contributed by atoms with Crippen LogP contribution in [-0.4, -0.2) is 28.7 Å². The van der Waals surface area contributed by atoms with E-state index in [1.165, 1.54) is 12.1 Å². The number of halogens is 1. The van der Waals surface area contributed by atoms with Crippen LogP contribution in [0.5, 0.6) is 10.9 Å². The van der Waals surface area contributed by atoms with E-state index in [0.29, 0.717) is 0 Å². The number of benzene rings is 1. The van der Waals surface area contributed by atoms with Gasteiger partial charge in [0.05, 0.1) is 12.2 Å². The quantitative estimate of drug-likeness (QED) is 0.843. The minimum absolute atomic E-state index is 0.0288. The molecule has 0 aliphatic rings. The Morgan fingerprint density at radius 2 is 2.14 bits per heavy atom. The predicted octanol–water partition coefficient (Wildman–Crippen LogP) is 1.75. The number of rotatable bonds is 5. The minimum atomic E-state index is -0.875. The molecule has 21 heavy (non-hydrogen) atoms. The molecule has 0 atom stereocenters. The van der Waals surface area contributed by atoms with E-state index in [4.69, 9.17) is 15.2 Å². The van der Waals surface area contributed by atoms with E-state index in [-0.39, 0.29) is 28.1 Å². The zero-order valence-electron chi connectivity index (χ0n) is 10.8. The Hall–Kier alpha value is -2.55. The Labute approximate surface area is 122 Å². The van der Waals surface area contributed by atoms with Gasteiger partial charge < -0.3 is 15.2 Å². The molecule has 1 amide bonds. The lowest BCUT2D eigenvalue weighted by Crippen LogP contribution is -2.12. The van der Waals surface area contributed by atoms with Gasteiger partial charge in [0, 0.05) is 6.07 Å². The lowest BCUT2D eigenvalue weighted by Gasteiger charge is -2.03. The van der Waals surface area contributed by atoms with Gasteiger partial charge in [-0.1, -0.05) is 5.10 Å². The van der Waals surface area contributed by atoms with Gasteiger partial charge in [0.15, 0.2) is 0 Å². The summed E-state index contributed by atoms with van der Waals surface area (Å²) < 4.78 is 23.6. The van der Waals surface area contributed by atoms with Crippen LogP contribution >= 0.6 is 11.3 Å². The lowest BCUT2D eigenvalue weighted by atomic mass is 10.2. The first-order valence-electron chi connectivity index (χ1n) is 5.79. The van der Waals surface area contributed by atoms with Gasteiger partial charge in [-0.05, 0) is 30.4 Å². The average Bonchev–Trinajstić information content (AvgIpc) is 2.87. The number of carbonyl (C=O) groups excluding carboxylic acids is 2. The van der Waals surface area contributed by atoms with E-state index in [1.54, 1.807) is 6.92 Å². The van der Waals surface area contributed by atoms with Crippen LogP contribution in [0.3, 0.4) is 0 Å². The Morgan fingerprint density at radius 1 is 1.38 bits per heavy atom. The van der Waals surface area contributed by atoms with E-state index >= 15 is 0 Å². The Bertz CT molecular complexity index is 689. The van der Waals surface area contributed by atoms with Crippen molar-refractivity contribution in [1.82, 2.24) is 10.2 Å². The normalized spacial score (nSPS) is 10.2. The fraction of sp³-hybridized carbons (Fsp3) is 0.167. The fourth-order valence-electron chi connectivity index (χ4n) is 1.39. The molecule has 2 N–H and O–H groups in total. The molecular weight excluding hydrogens is 301 g/mol. The number of nitrogens with zero attached hydrogens (tertiary/aromatic N) is 2. The molecule has 0 spiro atoms. The molecule has 0 aliphatic heterocycles. The topological polar surface area (TPSA) is 104 Å². The SMILES string of the molecule is CCOC(=O)c1nnc(Oc2ccc(C(N)=O)c(F)c2)s1. The molecule has 1 aromatic carbocycles. The highest BCUT2D eigenvalue weighted by molar-refractivity contribution is 7.14. The third-order valence-corrected chi connectivity index (χ3v) is 3.05. The van der Waals surface area contributed by atoms with Crippen LogP contribution in [-0.2, 0) is 4.74 Å². The van der Waals surface area contributed by atoms with Crippen molar-refractivity contribution in [2.45, 2.75) is 6.92 Å². The highest BCUT2D eigenvalue weighted by Crippen LogP contribution is 2.26. The standard InChI is InChI=1S/C12H10FN3O4S/c1-2-19-11(18)10-15-16-12(21-10)20-6-3-4-7(9(14)17)8(13)5-6/h3-5H,2H2,1H3,(H2,14,17). The van der Waals surface area contributed by atoms with Crippen molar-refractivity contribution in [1.29, 1.82) is 0 Å². The Kier molecular flexibility index (Phi) is 4.43. The van der Waals surface area contributed by atoms with Crippen molar-refractivity contribution in [2.75, 3.05) is 6.61 Å². The number of primary amides is 1. The smallest absolute Gasteiger partial charge is 0.369 e. The van der Waals surface area contributed by atoms with Gasteiger partial charge in [-0.15, -0.1) is 5.10 Å². The minimum Gasteiger partial charge on any atom is -0.461 e. The van der Waals surface area contributed by atoms with Crippen molar-refractivity contribution in [2.24, 2.45) is 5.73 Å². The predicted molar refractivity (Wildman–Crippen MR) is 70.9 cm³/mol. The number of aromatic nitrogens is 2. The summed E-state index contributed by atoms with van der Waals surface area (Å²) in [5, 5.41) is 7.31. The maximum atomic E-state index is 13.5. The van der Waals surface area contributed by atoms with Gasteiger partial charge in [0.1, 0.15) is 11.6 Å². The van der Waals surface area contributed by atoms with Gasteiger partial charge in [-0.2, -0.15) is 0 Å². The zero-order chi connectivity index (χ0) is 15.4. The monoisotopic (exact) mass is 311 g/mol. The molecule has 1 heterocycles. The molecule has 0 aliphatic carbocycles. The molecule has 0 saturated carbocycles. The Balaban J connectivity index is 2.14. The Morgan fingerprint density at radius 3 is 2.76 bits per heavy atom. The summed E-state index contributed by atoms with van der Waals surface area (Å²) in [6.07, 6.45) is 0. The molecule has 2 aromatic rings. The first-order chi connectivity index (χ1) is 10.0. The molecule has 110 valence electrons. The summed E-state index contributed by atoms with van der Waals surface area (Å²) in [4.78, 5) is 22.3. The number of amides is 1. The molecule has 0 saturated heterocycles. The van der Waals surface area contributed by atoms with E-state index in [9.17, 15) is 14.0 Å². The first-order valence-corrected chi connectivity index (χ1v) is 6.60. The highest BCUT2D eigenvalue weighted by atomic mass is 32.1. The zero-order valence-corrected chi connectivity index (χ0v) is 11.6. The summed E-state index contributed by atoms with van der Waals surface area (Å²) >= 11 is 0.859. The molecule has 1 aromatic heterocycles. The maximum absolute atomic E-state index is 13.5. The molecule has 9 heteroatoms. The highest BCUT2D eigenvalue weighted by Gasteiger charge is 2.16. The van der Waals surface area contributed by atoms with E-state index in [0.717, 1.165) is 17.4 Å². The largest absolute Gasteiger partial charge is 0.461 e. The van der Waals surface area contributed by atoms with Gasteiger partial charge in [-0.3, -0.25) is 4.79 Å². The van der Waals surface area contributed by atoms with E-state index in [2.05, 4.69) is 10.2 Å². The van der Waals surface area contributed by atoms with Crippen molar-refractivity contribution < 1.29 is 23.5 Å². The molecule has 0 unspecified atom stereocenters. The third kappa shape index (κ3) is 3.51. The van der Waals surface area contributed by atoms with Crippen molar-refractivity contribution in [3.63, 3.8) is 0 Å². The van der Waals surface area contributed by atoms with Crippen LogP contribution in [0, 0.1) is 5.82 Å². The second-order valence-electron chi connectivity index (χ2n) is 3.70. The maximum Gasteiger partial charge on any atom is 0.369 e. The summed E-state index contributed by atoms with van der Waals surface area (Å²) in [5.74, 6) is -2.20. The van der Waals surface area contributed by atoms with Crippen molar-refractivity contribution in [3.8, 4) is 10.9 Å². The van der Waals surface area contributed by atoms with E-state index < -0.39 is 17.7 Å². The van der Waals surface area contributed by atoms with Crippen LogP contribution in [0.2, 0.25) is 0 Å². The van der Waals surface area contributed by atoms with Crippen molar-refractivity contribution in [3.05, 3.63) is 34.6 Å². The molecule has 0 fully saturated rings. The molecule has 0 radical (unpaired) electrons. The molecule has 0 bridgehead atoms. The second kappa shape index (κ2) is 6.27. The number of hydrogen-bond donors (Lipinski definition) is 1. The molecule has 2 rings (SSSR count). The number of hydrogen-bond acceptors (Lipinski definition) is 7. The third-order valence-electron chi connectivity index (χ3n) is 2.27. The second-order valence-corrected chi connectivity index (χ2v) is 4.64. The summed E-state index contributed by atoms with van der Waals surface area (Å²) in [6, 6.07) is 3.54. The van der Waals surface area contributed by atoms with Gasteiger partial charge in [-0.25, -0.2) is 9.18 Å². The fourth-order valence-corrected chi connectivity index (χ4v) is 2.00. The van der Waals surface area contributed by atoms with Crippen LogP contribution in [0.1, 0.15) is 27.1 Å². The number of esters is 1. The summed E-state index contributed by atoms with van der Waals surface area (Å²) in [7, 11) is 0. The van der Waals surface area contributed by atoms with Crippen LogP contribution in [0.25, 0.3) is 0 Å². The molecule has 7 nitrogen and oxygen atoms in total. The molecular formula is C12H10FN3O4S. The van der Waals surface area contributed by atoms with Gasteiger partial charge in [0.2, 0.25) is 5.01 Å². The lowest BCUT2D eigenvalue weighted by molar-refractivity contribution is 0.0525. The van der Waals surface area contributed by atoms with Crippen LogP contribution < -0.4 is 10.5 Å². The van der Waals surface area contributed by atoms with Gasteiger partial charge >= 0.3 is 5.97 Å². The van der Waals surface area contributed by atoms with Crippen molar-refractivity contribution >= 4 is 23.2 Å². The van der Waals surface area contributed by atoms with Crippen LogP contribution in [0.15, 0.2) is 18.2 Å². The number of ether oxygens (including phenoxy) is 2. The average molecular weight is 311 g/mol. The summed E-state index contributed by atoms with van der Waals surface area (Å²) in [6.45, 7) is 1.88.